The molecule has 7 nitrogen and oxygen atoms in total. The van der Waals surface area contributed by atoms with E-state index in [-0.39, 0.29) is 5.92 Å². The standard InChI is InChI=1S/C16H21N5O2S/c1-9(2)12(14(22)18-15(17)23)24-16-20-19-13(21(16)4)11-7-5-6-10(3)8-11/h5-9,12H,1-4H3,(H3,17,18,22,23). The Kier molecular flexibility index (Phi) is 5.61. The number of hydrogen-bond acceptors (Lipinski definition) is 5. The van der Waals surface area contributed by atoms with Gasteiger partial charge in [0.05, 0.1) is 5.25 Å². The van der Waals surface area contributed by atoms with Crippen molar-refractivity contribution in [2.24, 2.45) is 18.7 Å². The Balaban J connectivity index is 2.26. The van der Waals surface area contributed by atoms with Gasteiger partial charge in [-0.1, -0.05) is 49.4 Å². The van der Waals surface area contributed by atoms with Crippen molar-refractivity contribution in [2.75, 3.05) is 0 Å². The molecule has 0 radical (unpaired) electrons. The Bertz CT molecular complexity index is 757. The van der Waals surface area contributed by atoms with E-state index in [1.807, 2.05) is 56.7 Å². The van der Waals surface area contributed by atoms with Crippen LogP contribution in [0.5, 0.6) is 0 Å². The van der Waals surface area contributed by atoms with Gasteiger partial charge in [0, 0.05) is 12.6 Å². The van der Waals surface area contributed by atoms with Gasteiger partial charge in [0.1, 0.15) is 0 Å². The lowest BCUT2D eigenvalue weighted by molar-refractivity contribution is -0.120. The summed E-state index contributed by atoms with van der Waals surface area (Å²) in [6, 6.07) is 7.11. The topological polar surface area (TPSA) is 103 Å². The third-order valence-electron chi connectivity index (χ3n) is 3.45. The second-order valence-corrected chi connectivity index (χ2v) is 6.98. The number of thioether (sulfide) groups is 1. The minimum absolute atomic E-state index is 0.00605. The van der Waals surface area contributed by atoms with Gasteiger partial charge in [-0.25, -0.2) is 4.79 Å². The van der Waals surface area contributed by atoms with E-state index in [0.717, 1.165) is 17.0 Å². The minimum atomic E-state index is -0.857. The number of primary amides is 1. The molecule has 0 aliphatic carbocycles. The molecule has 1 heterocycles. The van der Waals surface area contributed by atoms with Crippen molar-refractivity contribution in [1.82, 2.24) is 20.1 Å². The molecule has 0 saturated heterocycles. The maximum Gasteiger partial charge on any atom is 0.318 e. The normalized spacial score (nSPS) is 12.2. The van der Waals surface area contributed by atoms with E-state index in [9.17, 15) is 9.59 Å². The highest BCUT2D eigenvalue weighted by Crippen LogP contribution is 2.29. The molecule has 1 aromatic carbocycles. The number of aryl methyl sites for hydroxylation is 1. The fourth-order valence-corrected chi connectivity index (χ4v) is 3.25. The van der Waals surface area contributed by atoms with Crippen LogP contribution in [0.1, 0.15) is 19.4 Å². The van der Waals surface area contributed by atoms with Crippen LogP contribution in [0.2, 0.25) is 0 Å². The summed E-state index contributed by atoms with van der Waals surface area (Å²) >= 11 is 1.26. The third kappa shape index (κ3) is 4.14. The number of carbonyl (C=O) groups is 2. The second-order valence-electron chi connectivity index (χ2n) is 5.87. The van der Waals surface area contributed by atoms with Crippen LogP contribution < -0.4 is 11.1 Å². The van der Waals surface area contributed by atoms with Gasteiger partial charge in [0.2, 0.25) is 5.91 Å². The van der Waals surface area contributed by atoms with E-state index in [4.69, 9.17) is 5.73 Å². The highest BCUT2D eigenvalue weighted by molar-refractivity contribution is 8.00. The Hall–Kier alpha value is -2.35. The summed E-state index contributed by atoms with van der Waals surface area (Å²) in [5.74, 6) is 0.287. The molecule has 3 N–H and O–H groups in total. The van der Waals surface area contributed by atoms with Crippen molar-refractivity contribution in [3.05, 3.63) is 29.8 Å². The lowest BCUT2D eigenvalue weighted by atomic mass is 10.1. The van der Waals surface area contributed by atoms with Crippen LogP contribution in [0.15, 0.2) is 29.4 Å². The molecule has 0 aliphatic heterocycles. The average Bonchev–Trinajstić information content (AvgIpc) is 2.84. The minimum Gasteiger partial charge on any atom is -0.351 e. The molecule has 3 amide bonds. The zero-order chi connectivity index (χ0) is 17.9. The van der Waals surface area contributed by atoms with Gasteiger partial charge in [-0.3, -0.25) is 10.1 Å². The van der Waals surface area contributed by atoms with Gasteiger partial charge in [0.15, 0.2) is 11.0 Å². The van der Waals surface area contributed by atoms with Crippen LogP contribution in [0, 0.1) is 12.8 Å². The van der Waals surface area contributed by atoms with Crippen molar-refractivity contribution >= 4 is 23.7 Å². The number of nitrogens with two attached hydrogens (primary N) is 1. The maximum atomic E-state index is 12.1. The number of imide groups is 1. The summed E-state index contributed by atoms with van der Waals surface area (Å²) in [6.07, 6.45) is 0. The Morgan fingerprint density at radius 1 is 1.29 bits per heavy atom. The molecule has 1 atom stereocenters. The molecule has 2 aromatic rings. The number of hydrogen-bond donors (Lipinski definition) is 2. The highest BCUT2D eigenvalue weighted by Gasteiger charge is 2.27. The van der Waals surface area contributed by atoms with Crippen LogP contribution in [0.3, 0.4) is 0 Å². The summed E-state index contributed by atoms with van der Waals surface area (Å²) in [6.45, 7) is 5.81. The lowest BCUT2D eigenvalue weighted by Gasteiger charge is -2.18. The first-order chi connectivity index (χ1) is 11.3. The molecule has 1 unspecified atom stereocenters. The van der Waals surface area contributed by atoms with E-state index in [1.165, 1.54) is 11.8 Å². The fraction of sp³-hybridized carbons (Fsp3) is 0.375. The van der Waals surface area contributed by atoms with E-state index < -0.39 is 17.2 Å². The first-order valence-corrected chi connectivity index (χ1v) is 8.41. The fourth-order valence-electron chi connectivity index (χ4n) is 2.25. The number of carbonyl (C=O) groups excluding carboxylic acids is 2. The monoisotopic (exact) mass is 347 g/mol. The third-order valence-corrected chi connectivity index (χ3v) is 5.03. The molecule has 0 bridgehead atoms. The van der Waals surface area contributed by atoms with Crippen LogP contribution in [0.4, 0.5) is 4.79 Å². The van der Waals surface area contributed by atoms with Crippen molar-refractivity contribution in [3.63, 3.8) is 0 Å². The molecule has 24 heavy (non-hydrogen) atoms. The van der Waals surface area contributed by atoms with Crippen LogP contribution in [-0.2, 0) is 11.8 Å². The zero-order valence-corrected chi connectivity index (χ0v) is 14.9. The van der Waals surface area contributed by atoms with Crippen LogP contribution in [0.25, 0.3) is 11.4 Å². The molecule has 128 valence electrons. The quantitative estimate of drug-likeness (QED) is 0.806. The second kappa shape index (κ2) is 7.48. The average molecular weight is 347 g/mol. The van der Waals surface area contributed by atoms with Crippen molar-refractivity contribution in [2.45, 2.75) is 31.2 Å². The summed E-state index contributed by atoms with van der Waals surface area (Å²) in [7, 11) is 1.85. The Morgan fingerprint density at radius 3 is 2.58 bits per heavy atom. The van der Waals surface area contributed by atoms with Gasteiger partial charge >= 0.3 is 6.03 Å². The van der Waals surface area contributed by atoms with Crippen molar-refractivity contribution < 1.29 is 9.59 Å². The van der Waals surface area contributed by atoms with E-state index in [0.29, 0.717) is 5.16 Å². The Labute approximate surface area is 145 Å². The summed E-state index contributed by atoms with van der Waals surface area (Å²) in [4.78, 5) is 23.1. The smallest absolute Gasteiger partial charge is 0.318 e. The van der Waals surface area contributed by atoms with Crippen molar-refractivity contribution in [3.8, 4) is 11.4 Å². The summed E-state index contributed by atoms with van der Waals surface area (Å²) in [5, 5.41) is 10.7. The van der Waals surface area contributed by atoms with E-state index >= 15 is 0 Å². The lowest BCUT2D eigenvalue weighted by Crippen LogP contribution is -2.42. The molecule has 8 heteroatoms. The van der Waals surface area contributed by atoms with Gasteiger partial charge in [-0.15, -0.1) is 10.2 Å². The molecule has 0 spiro atoms. The van der Waals surface area contributed by atoms with E-state index in [2.05, 4.69) is 15.5 Å². The summed E-state index contributed by atoms with van der Waals surface area (Å²) in [5.41, 5.74) is 7.12. The van der Waals surface area contributed by atoms with Gasteiger partial charge in [0.25, 0.3) is 0 Å². The zero-order valence-electron chi connectivity index (χ0n) is 14.1. The number of rotatable bonds is 5. The molecular weight excluding hydrogens is 326 g/mol. The Morgan fingerprint density at radius 2 is 2.00 bits per heavy atom. The molecule has 2 rings (SSSR count). The molecular formula is C16H21N5O2S. The summed E-state index contributed by atoms with van der Waals surface area (Å²) < 4.78 is 1.84. The largest absolute Gasteiger partial charge is 0.351 e. The molecule has 0 aliphatic rings. The molecule has 0 saturated carbocycles. The SMILES string of the molecule is Cc1cccc(-c2nnc(SC(C(=O)NC(N)=O)C(C)C)n2C)c1. The van der Waals surface area contributed by atoms with Crippen molar-refractivity contribution in [1.29, 1.82) is 0 Å². The van der Waals surface area contributed by atoms with Gasteiger partial charge in [-0.05, 0) is 18.9 Å². The maximum absolute atomic E-state index is 12.1. The number of urea groups is 1. The predicted octanol–water partition coefficient (Wildman–Crippen LogP) is 2.10. The van der Waals surface area contributed by atoms with Gasteiger partial charge < -0.3 is 10.3 Å². The number of nitrogens with one attached hydrogen (secondary N) is 1. The highest BCUT2D eigenvalue weighted by atomic mass is 32.2. The first kappa shape index (κ1) is 18.0. The number of aromatic nitrogens is 3. The molecule has 1 aromatic heterocycles. The van der Waals surface area contributed by atoms with Crippen LogP contribution >= 0.6 is 11.8 Å². The van der Waals surface area contributed by atoms with E-state index in [1.54, 1.807) is 0 Å². The first-order valence-electron chi connectivity index (χ1n) is 7.53. The molecule has 0 fully saturated rings. The van der Waals surface area contributed by atoms with Gasteiger partial charge in [-0.2, -0.15) is 0 Å². The number of nitrogens with zero attached hydrogens (tertiary/aromatic N) is 3. The number of amides is 3. The number of benzene rings is 1. The predicted molar refractivity (Wildman–Crippen MR) is 93.4 cm³/mol. The van der Waals surface area contributed by atoms with Crippen LogP contribution in [-0.4, -0.2) is 32.0 Å².